The van der Waals surface area contributed by atoms with Gasteiger partial charge in [-0.2, -0.15) is 4.72 Å². The van der Waals surface area contributed by atoms with E-state index in [-0.39, 0.29) is 4.90 Å². The van der Waals surface area contributed by atoms with Gasteiger partial charge in [0.15, 0.2) is 0 Å². The standard InChI is InChI=1S/C11H13BrN2O2S/c1-3-9(4-2)14-17(15,16)11-7-8(13)5-6-10(11)12/h1,5-7,9,14H,4,13H2,2H3. The molecule has 0 saturated carbocycles. The molecule has 0 spiro atoms. The van der Waals surface area contributed by atoms with Crippen molar-refractivity contribution < 1.29 is 8.42 Å². The van der Waals surface area contributed by atoms with Gasteiger partial charge in [0.2, 0.25) is 10.0 Å². The number of hydrogen-bond acceptors (Lipinski definition) is 3. The Balaban J connectivity index is 3.14. The topological polar surface area (TPSA) is 72.2 Å². The second-order valence-corrected chi connectivity index (χ2v) is 5.98. The average Bonchev–Trinajstić information content (AvgIpc) is 2.29. The van der Waals surface area contributed by atoms with Gasteiger partial charge in [-0.3, -0.25) is 0 Å². The molecular formula is C11H13BrN2O2S. The molecule has 1 rings (SSSR count). The monoisotopic (exact) mass is 316 g/mol. The first kappa shape index (κ1) is 14.0. The minimum Gasteiger partial charge on any atom is -0.399 e. The van der Waals surface area contributed by atoms with Crippen LogP contribution in [-0.4, -0.2) is 14.5 Å². The van der Waals surface area contributed by atoms with E-state index in [1.165, 1.54) is 6.07 Å². The summed E-state index contributed by atoms with van der Waals surface area (Å²) in [6.45, 7) is 1.81. The number of rotatable bonds is 4. The third-order valence-electron chi connectivity index (χ3n) is 2.15. The van der Waals surface area contributed by atoms with Crippen LogP contribution in [0.3, 0.4) is 0 Å². The van der Waals surface area contributed by atoms with Gasteiger partial charge in [0.25, 0.3) is 0 Å². The molecule has 6 heteroatoms. The minimum absolute atomic E-state index is 0.0891. The SMILES string of the molecule is C#CC(CC)NS(=O)(=O)c1cc(N)ccc1Br. The fourth-order valence-corrected chi connectivity index (χ4v) is 3.45. The van der Waals surface area contributed by atoms with E-state index >= 15 is 0 Å². The molecule has 0 fully saturated rings. The molecule has 3 N–H and O–H groups in total. The van der Waals surface area contributed by atoms with E-state index < -0.39 is 16.1 Å². The Morgan fingerprint density at radius 2 is 2.24 bits per heavy atom. The average molecular weight is 317 g/mol. The van der Waals surface area contributed by atoms with Gasteiger partial charge in [-0.15, -0.1) is 6.42 Å². The summed E-state index contributed by atoms with van der Waals surface area (Å²) in [5.74, 6) is 2.37. The highest BCUT2D eigenvalue weighted by atomic mass is 79.9. The number of benzene rings is 1. The molecule has 0 bridgehead atoms. The zero-order chi connectivity index (χ0) is 13.1. The highest BCUT2D eigenvalue weighted by molar-refractivity contribution is 9.10. The van der Waals surface area contributed by atoms with Crippen LogP contribution in [0.15, 0.2) is 27.6 Å². The molecule has 0 aliphatic rings. The van der Waals surface area contributed by atoms with Crippen molar-refractivity contribution in [2.45, 2.75) is 24.3 Å². The Hall–Kier alpha value is -1.03. The van der Waals surface area contributed by atoms with Crippen LogP contribution in [-0.2, 0) is 10.0 Å². The molecular weight excluding hydrogens is 304 g/mol. The molecule has 4 nitrogen and oxygen atoms in total. The lowest BCUT2D eigenvalue weighted by molar-refractivity contribution is 0.570. The van der Waals surface area contributed by atoms with Crippen molar-refractivity contribution in [3.63, 3.8) is 0 Å². The summed E-state index contributed by atoms with van der Waals surface area (Å²) in [4.78, 5) is 0.0891. The van der Waals surface area contributed by atoms with E-state index in [1.807, 2.05) is 0 Å². The molecule has 92 valence electrons. The van der Waals surface area contributed by atoms with Crippen molar-refractivity contribution in [3.8, 4) is 12.3 Å². The lowest BCUT2D eigenvalue weighted by Crippen LogP contribution is -2.33. The molecule has 1 atom stereocenters. The van der Waals surface area contributed by atoms with Crippen molar-refractivity contribution in [1.29, 1.82) is 0 Å². The third kappa shape index (κ3) is 3.46. The van der Waals surface area contributed by atoms with Crippen LogP contribution in [0.25, 0.3) is 0 Å². The number of anilines is 1. The molecule has 17 heavy (non-hydrogen) atoms. The molecule has 0 radical (unpaired) electrons. The highest BCUT2D eigenvalue weighted by Gasteiger charge is 2.20. The summed E-state index contributed by atoms with van der Waals surface area (Å²) in [5, 5.41) is 0. The van der Waals surface area contributed by atoms with Gasteiger partial charge >= 0.3 is 0 Å². The van der Waals surface area contributed by atoms with Gasteiger partial charge in [0.1, 0.15) is 0 Å². The highest BCUT2D eigenvalue weighted by Crippen LogP contribution is 2.24. The van der Waals surface area contributed by atoms with Crippen molar-refractivity contribution in [2.24, 2.45) is 0 Å². The fourth-order valence-electron chi connectivity index (χ4n) is 1.21. The number of terminal acetylenes is 1. The molecule has 0 aliphatic heterocycles. The first-order chi connectivity index (χ1) is 7.90. The second-order valence-electron chi connectivity index (χ2n) is 3.44. The third-order valence-corrected chi connectivity index (χ3v) is 4.62. The van der Waals surface area contributed by atoms with Crippen LogP contribution < -0.4 is 10.5 Å². The van der Waals surface area contributed by atoms with Gasteiger partial charge in [0.05, 0.1) is 10.9 Å². The molecule has 0 saturated heterocycles. The first-order valence-corrected chi connectivity index (χ1v) is 7.21. The van der Waals surface area contributed by atoms with Crippen LogP contribution in [0.1, 0.15) is 13.3 Å². The first-order valence-electron chi connectivity index (χ1n) is 4.94. The van der Waals surface area contributed by atoms with Crippen LogP contribution in [0.4, 0.5) is 5.69 Å². The van der Waals surface area contributed by atoms with Crippen molar-refractivity contribution in [2.75, 3.05) is 5.73 Å². The maximum Gasteiger partial charge on any atom is 0.242 e. The zero-order valence-corrected chi connectivity index (χ0v) is 11.7. The van der Waals surface area contributed by atoms with Crippen molar-refractivity contribution in [3.05, 3.63) is 22.7 Å². The number of hydrogen-bond donors (Lipinski definition) is 2. The smallest absolute Gasteiger partial charge is 0.242 e. The van der Waals surface area contributed by atoms with E-state index in [0.29, 0.717) is 16.6 Å². The Kier molecular flexibility index (Phi) is 4.57. The second kappa shape index (κ2) is 5.54. The maximum atomic E-state index is 12.0. The normalized spacial score (nSPS) is 13.0. The van der Waals surface area contributed by atoms with Crippen molar-refractivity contribution in [1.82, 2.24) is 4.72 Å². The summed E-state index contributed by atoms with van der Waals surface area (Å²) in [6, 6.07) is 4.06. The van der Waals surface area contributed by atoms with Gasteiger partial charge in [-0.05, 0) is 40.5 Å². The van der Waals surface area contributed by atoms with Crippen LogP contribution in [0.5, 0.6) is 0 Å². The molecule has 1 aromatic rings. The molecule has 0 heterocycles. The van der Waals surface area contributed by atoms with Gasteiger partial charge in [-0.25, -0.2) is 8.42 Å². The Bertz CT molecular complexity index is 549. The van der Waals surface area contributed by atoms with E-state index in [0.717, 1.165) is 0 Å². The van der Waals surface area contributed by atoms with Crippen LogP contribution >= 0.6 is 15.9 Å². The zero-order valence-electron chi connectivity index (χ0n) is 9.27. The van der Waals surface area contributed by atoms with E-state index in [4.69, 9.17) is 12.2 Å². The quantitative estimate of drug-likeness (QED) is 0.656. The number of nitrogens with two attached hydrogens (primary N) is 1. The lowest BCUT2D eigenvalue weighted by atomic mass is 10.3. The number of halogens is 1. The largest absolute Gasteiger partial charge is 0.399 e. The molecule has 1 aromatic carbocycles. The maximum absolute atomic E-state index is 12.0. The number of nitrogen functional groups attached to an aromatic ring is 1. The van der Waals surface area contributed by atoms with E-state index in [2.05, 4.69) is 26.6 Å². The molecule has 0 aliphatic carbocycles. The van der Waals surface area contributed by atoms with E-state index in [1.54, 1.807) is 19.1 Å². The Labute approximate surface area is 110 Å². The molecule has 0 aromatic heterocycles. The predicted molar refractivity (Wildman–Crippen MR) is 71.8 cm³/mol. The molecule has 0 amide bonds. The van der Waals surface area contributed by atoms with Crippen LogP contribution in [0, 0.1) is 12.3 Å². The number of sulfonamides is 1. The van der Waals surface area contributed by atoms with Gasteiger partial charge < -0.3 is 5.73 Å². The summed E-state index contributed by atoms with van der Waals surface area (Å²) in [6.07, 6.45) is 5.75. The van der Waals surface area contributed by atoms with Crippen LogP contribution in [0.2, 0.25) is 0 Å². The van der Waals surface area contributed by atoms with Gasteiger partial charge in [-0.1, -0.05) is 12.8 Å². The lowest BCUT2D eigenvalue weighted by Gasteiger charge is -2.12. The number of nitrogens with one attached hydrogen (secondary N) is 1. The minimum atomic E-state index is -3.66. The summed E-state index contributed by atoms with van der Waals surface area (Å²) < 4.78 is 27.0. The van der Waals surface area contributed by atoms with E-state index in [9.17, 15) is 8.42 Å². The molecule has 1 unspecified atom stereocenters. The summed E-state index contributed by atoms with van der Waals surface area (Å²) in [5.41, 5.74) is 5.94. The van der Waals surface area contributed by atoms with Gasteiger partial charge in [0, 0.05) is 10.2 Å². The fraction of sp³-hybridized carbons (Fsp3) is 0.273. The van der Waals surface area contributed by atoms with Crippen molar-refractivity contribution >= 4 is 31.6 Å². The Morgan fingerprint density at radius 3 is 2.76 bits per heavy atom. The Morgan fingerprint density at radius 1 is 1.59 bits per heavy atom. The predicted octanol–water partition coefficient (Wildman–Crippen LogP) is 1.72. The summed E-state index contributed by atoms with van der Waals surface area (Å²) in [7, 11) is -3.66. The summed E-state index contributed by atoms with van der Waals surface area (Å²) >= 11 is 3.17.